The third-order valence-electron chi connectivity index (χ3n) is 9.78. The highest BCUT2D eigenvalue weighted by Gasteiger charge is 2.25. The zero-order chi connectivity index (χ0) is 32.6. The summed E-state index contributed by atoms with van der Waals surface area (Å²) in [6.07, 6.45) is 0. The summed E-state index contributed by atoms with van der Waals surface area (Å²) in [5.74, 6) is 0. The van der Waals surface area contributed by atoms with Gasteiger partial charge in [-0.2, -0.15) is 5.26 Å². The van der Waals surface area contributed by atoms with Gasteiger partial charge in [-0.25, -0.2) is 4.85 Å². The molecule has 0 saturated carbocycles. The van der Waals surface area contributed by atoms with Gasteiger partial charge in [-0.3, -0.25) is 0 Å². The van der Waals surface area contributed by atoms with Gasteiger partial charge in [-0.1, -0.05) is 103 Å². The molecule has 3 aromatic heterocycles. The van der Waals surface area contributed by atoms with Crippen LogP contribution in [0.1, 0.15) is 5.56 Å². The highest BCUT2D eigenvalue weighted by atomic mass is 16.3. The minimum Gasteiger partial charge on any atom is -0.456 e. The highest BCUT2D eigenvalue weighted by molar-refractivity contribution is 6.25. The van der Waals surface area contributed by atoms with Gasteiger partial charge < -0.3 is 13.6 Å². The third-order valence-corrected chi connectivity index (χ3v) is 9.78. The van der Waals surface area contributed by atoms with E-state index >= 15 is 0 Å². The lowest BCUT2D eigenvalue weighted by molar-refractivity contribution is 0.669. The molecule has 0 amide bonds. The maximum Gasteiger partial charge on any atom is 0.211 e. The summed E-state index contributed by atoms with van der Waals surface area (Å²) >= 11 is 0. The van der Waals surface area contributed by atoms with Crippen molar-refractivity contribution in [2.75, 3.05) is 0 Å². The Hall–Kier alpha value is -7.08. The van der Waals surface area contributed by atoms with E-state index in [0.29, 0.717) is 11.3 Å². The summed E-state index contributed by atoms with van der Waals surface area (Å²) in [6, 6.07) is 51.6. The summed E-state index contributed by atoms with van der Waals surface area (Å²) in [7, 11) is 0. The molecule has 5 heteroatoms. The molecule has 0 aliphatic rings. The number of benzene rings is 7. The monoisotopic (exact) mass is 624 g/mol. The average molecular weight is 625 g/mol. The summed E-state index contributed by atoms with van der Waals surface area (Å²) in [6.45, 7) is 8.34. The number of fused-ring (bicyclic) bond motifs is 10. The summed E-state index contributed by atoms with van der Waals surface area (Å²) in [5.41, 5.74) is 9.93. The van der Waals surface area contributed by atoms with Crippen LogP contribution in [0.2, 0.25) is 0 Å². The van der Waals surface area contributed by atoms with E-state index in [4.69, 9.17) is 11.0 Å². The lowest BCUT2D eigenvalue weighted by Gasteiger charge is -2.20. The molecule has 226 valence electrons. The standard InChI is InChI=1S/C44H24N4O/c1-46-35-19-11-18-32(43(35)47-36-20-6-2-13-28(36)29-14-3-7-21-37(29)47)31-17-10-12-27(26-45)42(31)48-38-22-8-4-15-30(38)33-24-25-40-41(44(33)48)34-16-5-9-23-39(34)49-40/h2-25H. The molecule has 10 rings (SSSR count). The van der Waals surface area contributed by atoms with Crippen LogP contribution in [0.3, 0.4) is 0 Å². The van der Waals surface area contributed by atoms with Crippen molar-refractivity contribution in [2.45, 2.75) is 0 Å². The Morgan fingerprint density at radius 1 is 0.510 bits per heavy atom. The van der Waals surface area contributed by atoms with Gasteiger partial charge in [0.15, 0.2) is 0 Å². The fourth-order valence-electron chi connectivity index (χ4n) is 7.83. The molecular weight excluding hydrogens is 601 g/mol. The van der Waals surface area contributed by atoms with Crippen LogP contribution in [0.25, 0.3) is 92.9 Å². The molecule has 3 heterocycles. The Balaban J connectivity index is 1.40. The SMILES string of the molecule is [C-]#[N+]c1cccc(-c2cccc(C#N)c2-n2c3ccccc3c3ccc4oc5ccccc5c4c32)c1-n1c2ccccc2c2ccccc21. The van der Waals surface area contributed by atoms with E-state index in [-0.39, 0.29) is 0 Å². The fourth-order valence-corrected chi connectivity index (χ4v) is 7.83. The lowest BCUT2D eigenvalue weighted by Crippen LogP contribution is -2.04. The van der Waals surface area contributed by atoms with Crippen molar-refractivity contribution in [3.63, 3.8) is 0 Å². The molecule has 0 fully saturated rings. The Kier molecular flexibility index (Phi) is 5.64. The van der Waals surface area contributed by atoms with Crippen LogP contribution < -0.4 is 0 Å². The first kappa shape index (κ1) is 27.1. The van der Waals surface area contributed by atoms with Crippen LogP contribution >= 0.6 is 0 Å². The maximum absolute atomic E-state index is 10.8. The number of hydrogen-bond donors (Lipinski definition) is 0. The molecule has 0 atom stereocenters. The van der Waals surface area contributed by atoms with Gasteiger partial charge in [0.25, 0.3) is 0 Å². The second-order valence-electron chi connectivity index (χ2n) is 12.3. The Bertz CT molecular complexity index is 3030. The van der Waals surface area contributed by atoms with Crippen molar-refractivity contribution in [1.82, 2.24) is 9.13 Å². The van der Waals surface area contributed by atoms with E-state index in [1.165, 1.54) is 0 Å². The molecule has 0 unspecified atom stereocenters. The molecule has 0 N–H and O–H groups in total. The molecular formula is C44H24N4O. The summed E-state index contributed by atoms with van der Waals surface area (Å²) in [4.78, 5) is 4.07. The quantitative estimate of drug-likeness (QED) is 0.184. The van der Waals surface area contributed by atoms with E-state index in [1.807, 2.05) is 66.7 Å². The third kappa shape index (κ3) is 3.67. The van der Waals surface area contributed by atoms with Crippen molar-refractivity contribution in [2.24, 2.45) is 0 Å². The van der Waals surface area contributed by atoms with Crippen LogP contribution in [0, 0.1) is 17.9 Å². The van der Waals surface area contributed by atoms with Gasteiger partial charge in [0.2, 0.25) is 5.69 Å². The molecule has 0 saturated heterocycles. The van der Waals surface area contributed by atoms with E-state index in [0.717, 1.165) is 88.1 Å². The van der Waals surface area contributed by atoms with Gasteiger partial charge >= 0.3 is 0 Å². The average Bonchev–Trinajstić information content (AvgIpc) is 3.81. The van der Waals surface area contributed by atoms with E-state index in [9.17, 15) is 5.26 Å². The summed E-state index contributed by atoms with van der Waals surface area (Å²) in [5, 5.41) is 17.2. The second kappa shape index (κ2) is 10.2. The topological polar surface area (TPSA) is 51.1 Å². The predicted octanol–water partition coefficient (Wildman–Crippen LogP) is 11.9. The fraction of sp³-hybridized carbons (Fsp3) is 0. The number of aromatic nitrogens is 2. The van der Waals surface area contributed by atoms with Crippen LogP contribution in [-0.4, -0.2) is 9.13 Å². The van der Waals surface area contributed by atoms with Crippen LogP contribution in [0.4, 0.5) is 5.69 Å². The largest absolute Gasteiger partial charge is 0.456 e. The Morgan fingerprint density at radius 2 is 1.08 bits per heavy atom. The molecule has 10 aromatic rings. The smallest absolute Gasteiger partial charge is 0.211 e. The van der Waals surface area contributed by atoms with Crippen LogP contribution in [0.5, 0.6) is 0 Å². The number of hydrogen-bond acceptors (Lipinski definition) is 2. The normalized spacial score (nSPS) is 11.6. The molecule has 0 radical (unpaired) electrons. The first-order chi connectivity index (χ1) is 24.3. The zero-order valence-electron chi connectivity index (χ0n) is 26.1. The Labute approximate surface area is 280 Å². The van der Waals surface area contributed by atoms with E-state index in [2.05, 4.69) is 98.9 Å². The van der Waals surface area contributed by atoms with Gasteiger partial charge in [-0.15, -0.1) is 0 Å². The van der Waals surface area contributed by atoms with E-state index in [1.54, 1.807) is 0 Å². The van der Waals surface area contributed by atoms with Crippen molar-refractivity contribution in [1.29, 1.82) is 5.26 Å². The van der Waals surface area contributed by atoms with Crippen molar-refractivity contribution < 1.29 is 4.42 Å². The lowest BCUT2D eigenvalue weighted by atomic mass is 9.97. The first-order valence-electron chi connectivity index (χ1n) is 16.1. The van der Waals surface area contributed by atoms with E-state index < -0.39 is 0 Å². The number of nitrogens with zero attached hydrogens (tertiary/aromatic N) is 4. The molecule has 0 aliphatic heterocycles. The van der Waals surface area contributed by atoms with Gasteiger partial charge in [0, 0.05) is 32.5 Å². The van der Waals surface area contributed by atoms with Gasteiger partial charge in [0.05, 0.1) is 51.0 Å². The minimum absolute atomic E-state index is 0.530. The maximum atomic E-state index is 10.8. The second-order valence-corrected chi connectivity index (χ2v) is 12.3. The predicted molar refractivity (Wildman–Crippen MR) is 199 cm³/mol. The van der Waals surface area contributed by atoms with Crippen molar-refractivity contribution in [3.8, 4) is 28.6 Å². The number of nitriles is 1. The van der Waals surface area contributed by atoms with Crippen LogP contribution in [0.15, 0.2) is 150 Å². The molecule has 49 heavy (non-hydrogen) atoms. The zero-order valence-corrected chi connectivity index (χ0v) is 26.1. The summed E-state index contributed by atoms with van der Waals surface area (Å²) < 4.78 is 10.8. The first-order valence-corrected chi connectivity index (χ1v) is 16.1. The van der Waals surface area contributed by atoms with Crippen molar-refractivity contribution in [3.05, 3.63) is 163 Å². The number of rotatable bonds is 3. The van der Waals surface area contributed by atoms with Crippen LogP contribution in [-0.2, 0) is 0 Å². The molecule has 7 aromatic carbocycles. The highest BCUT2D eigenvalue weighted by Crippen LogP contribution is 2.46. The van der Waals surface area contributed by atoms with Gasteiger partial charge in [0.1, 0.15) is 17.2 Å². The number of para-hydroxylation sites is 6. The van der Waals surface area contributed by atoms with Gasteiger partial charge in [-0.05, 0) is 48.0 Å². The van der Waals surface area contributed by atoms with Crippen molar-refractivity contribution >= 4 is 71.2 Å². The Morgan fingerprint density at radius 3 is 1.76 bits per heavy atom. The molecule has 0 bridgehead atoms. The minimum atomic E-state index is 0.530. The molecule has 5 nitrogen and oxygen atoms in total. The molecule has 0 aliphatic carbocycles. The number of furan rings is 1. The molecule has 0 spiro atoms.